The number of aliphatic carboxylic acids is 1. The predicted molar refractivity (Wildman–Crippen MR) is 66.1 cm³/mol. The Labute approximate surface area is 105 Å². The van der Waals surface area contributed by atoms with Gasteiger partial charge in [0.25, 0.3) is 0 Å². The summed E-state index contributed by atoms with van der Waals surface area (Å²) in [5.41, 5.74) is 1.61. The number of aliphatic hydroxyl groups excluding tert-OH is 1. The van der Waals surface area contributed by atoms with Crippen LogP contribution in [0.4, 0.5) is 0 Å². The number of carbonyl (C=O) groups is 1. The quantitative estimate of drug-likeness (QED) is 0.730. The summed E-state index contributed by atoms with van der Waals surface area (Å²) in [6.45, 7) is 1.65. The van der Waals surface area contributed by atoms with Gasteiger partial charge in [0, 0.05) is 11.1 Å². The van der Waals surface area contributed by atoms with E-state index in [4.69, 9.17) is 14.9 Å². The van der Waals surface area contributed by atoms with E-state index in [1.54, 1.807) is 31.2 Å². The number of hydrogen-bond donors (Lipinski definition) is 2. The highest BCUT2D eigenvalue weighted by molar-refractivity contribution is 5.93. The van der Waals surface area contributed by atoms with Crippen LogP contribution in [-0.4, -0.2) is 28.9 Å². The maximum absolute atomic E-state index is 10.9. The molecule has 2 rings (SSSR count). The molecule has 1 aliphatic rings. The minimum Gasteiger partial charge on any atom is -0.488 e. The SMILES string of the molecule is C[C@H](O)C#Cc1ccc2c(c1)C=C(C(=O)O)CO2. The van der Waals surface area contributed by atoms with Crippen molar-refractivity contribution in [2.24, 2.45) is 0 Å². The van der Waals surface area contributed by atoms with Crippen molar-refractivity contribution in [2.45, 2.75) is 13.0 Å². The Morgan fingerprint density at radius 2 is 2.28 bits per heavy atom. The summed E-state index contributed by atoms with van der Waals surface area (Å²) in [5, 5.41) is 18.0. The van der Waals surface area contributed by atoms with Crippen molar-refractivity contribution < 1.29 is 19.7 Å². The zero-order valence-electron chi connectivity index (χ0n) is 9.80. The fourth-order valence-electron chi connectivity index (χ4n) is 1.57. The minimum atomic E-state index is -0.985. The third-order valence-corrected chi connectivity index (χ3v) is 2.42. The van der Waals surface area contributed by atoms with E-state index in [-0.39, 0.29) is 12.2 Å². The van der Waals surface area contributed by atoms with E-state index >= 15 is 0 Å². The fraction of sp³-hybridized carbons (Fsp3) is 0.214. The monoisotopic (exact) mass is 244 g/mol. The van der Waals surface area contributed by atoms with Crippen LogP contribution in [0.3, 0.4) is 0 Å². The van der Waals surface area contributed by atoms with E-state index < -0.39 is 12.1 Å². The molecule has 0 spiro atoms. The zero-order valence-corrected chi connectivity index (χ0v) is 9.80. The van der Waals surface area contributed by atoms with Gasteiger partial charge in [-0.25, -0.2) is 4.79 Å². The molecule has 4 heteroatoms. The number of aliphatic hydroxyl groups is 1. The van der Waals surface area contributed by atoms with Crippen LogP contribution >= 0.6 is 0 Å². The van der Waals surface area contributed by atoms with E-state index in [1.165, 1.54) is 0 Å². The second kappa shape index (κ2) is 4.94. The summed E-state index contributed by atoms with van der Waals surface area (Å²) in [4.78, 5) is 10.9. The van der Waals surface area contributed by atoms with Crippen molar-refractivity contribution in [3.63, 3.8) is 0 Å². The molecule has 0 unspecified atom stereocenters. The molecule has 0 aromatic heterocycles. The van der Waals surface area contributed by atoms with Crippen LogP contribution in [-0.2, 0) is 4.79 Å². The third-order valence-electron chi connectivity index (χ3n) is 2.42. The van der Waals surface area contributed by atoms with Crippen molar-refractivity contribution in [3.8, 4) is 17.6 Å². The second-order valence-corrected chi connectivity index (χ2v) is 3.96. The molecule has 4 nitrogen and oxygen atoms in total. The molecule has 1 aliphatic heterocycles. The normalized spacial score (nSPS) is 14.4. The largest absolute Gasteiger partial charge is 0.488 e. The molecule has 0 aliphatic carbocycles. The molecular formula is C14H12O4. The lowest BCUT2D eigenvalue weighted by atomic mass is 10.0. The first-order chi connectivity index (χ1) is 8.56. The highest BCUT2D eigenvalue weighted by Crippen LogP contribution is 2.27. The zero-order chi connectivity index (χ0) is 13.1. The predicted octanol–water partition coefficient (Wildman–Crippen LogP) is 1.28. The summed E-state index contributed by atoms with van der Waals surface area (Å²) in [6.07, 6.45) is 0.886. The summed E-state index contributed by atoms with van der Waals surface area (Å²) in [7, 11) is 0. The van der Waals surface area contributed by atoms with Gasteiger partial charge in [-0.1, -0.05) is 11.8 Å². The van der Waals surface area contributed by atoms with Gasteiger partial charge in [0.2, 0.25) is 0 Å². The van der Waals surface area contributed by atoms with E-state index in [0.29, 0.717) is 16.9 Å². The average Bonchev–Trinajstić information content (AvgIpc) is 2.35. The number of carboxylic acid groups (broad SMARTS) is 1. The van der Waals surface area contributed by atoms with Gasteiger partial charge in [0.1, 0.15) is 18.5 Å². The van der Waals surface area contributed by atoms with Crippen molar-refractivity contribution in [3.05, 3.63) is 34.9 Å². The first-order valence-electron chi connectivity index (χ1n) is 5.46. The Balaban J connectivity index is 2.36. The Bertz CT molecular complexity index is 573. The van der Waals surface area contributed by atoms with Gasteiger partial charge >= 0.3 is 5.97 Å². The van der Waals surface area contributed by atoms with Crippen molar-refractivity contribution in [2.75, 3.05) is 6.61 Å². The van der Waals surface area contributed by atoms with Gasteiger partial charge in [-0.3, -0.25) is 0 Å². The molecule has 2 N–H and O–H groups in total. The van der Waals surface area contributed by atoms with Crippen molar-refractivity contribution in [1.29, 1.82) is 0 Å². The molecule has 1 aromatic carbocycles. The van der Waals surface area contributed by atoms with Crippen LogP contribution in [0.1, 0.15) is 18.1 Å². The Morgan fingerprint density at radius 1 is 1.50 bits per heavy atom. The molecule has 0 fully saturated rings. The Hall–Kier alpha value is -2.25. The van der Waals surface area contributed by atoms with Crippen molar-refractivity contribution in [1.82, 2.24) is 0 Å². The van der Waals surface area contributed by atoms with Gasteiger partial charge in [-0.2, -0.15) is 0 Å². The molecule has 0 saturated heterocycles. The molecule has 92 valence electrons. The molecule has 1 atom stereocenters. The van der Waals surface area contributed by atoms with E-state index in [2.05, 4.69) is 11.8 Å². The number of fused-ring (bicyclic) bond motifs is 1. The van der Waals surface area contributed by atoms with Gasteiger partial charge in [-0.05, 0) is 31.2 Å². The molecule has 0 radical (unpaired) electrons. The van der Waals surface area contributed by atoms with E-state index in [9.17, 15) is 4.79 Å². The minimum absolute atomic E-state index is 0.0705. The lowest BCUT2D eigenvalue weighted by Crippen LogP contribution is -2.14. The molecule has 1 aromatic rings. The standard InChI is InChI=1S/C14H12O4/c1-9(15)2-3-10-4-5-13-11(6-10)7-12(8-18-13)14(16)17/h4-7,9,15H,8H2,1H3,(H,16,17)/t9-/m0/s1. The first-order valence-corrected chi connectivity index (χ1v) is 5.46. The lowest BCUT2D eigenvalue weighted by molar-refractivity contribution is -0.132. The lowest BCUT2D eigenvalue weighted by Gasteiger charge is -2.15. The molecule has 0 saturated carbocycles. The Morgan fingerprint density at radius 3 is 2.94 bits per heavy atom. The second-order valence-electron chi connectivity index (χ2n) is 3.96. The highest BCUT2D eigenvalue weighted by atomic mass is 16.5. The van der Waals surface area contributed by atoms with E-state index in [0.717, 1.165) is 0 Å². The maximum atomic E-state index is 10.9. The highest BCUT2D eigenvalue weighted by Gasteiger charge is 2.16. The number of ether oxygens (including phenoxy) is 1. The van der Waals surface area contributed by atoms with Crippen LogP contribution in [0.2, 0.25) is 0 Å². The molecule has 0 bridgehead atoms. The Kier molecular flexibility index (Phi) is 3.35. The van der Waals surface area contributed by atoms with Crippen LogP contribution in [0.25, 0.3) is 6.08 Å². The van der Waals surface area contributed by atoms with Crippen LogP contribution in [0, 0.1) is 11.8 Å². The number of rotatable bonds is 1. The first kappa shape index (κ1) is 12.2. The molecular weight excluding hydrogens is 232 g/mol. The van der Waals surface area contributed by atoms with Gasteiger partial charge in [0.05, 0.1) is 5.57 Å². The average molecular weight is 244 g/mol. The van der Waals surface area contributed by atoms with Gasteiger partial charge < -0.3 is 14.9 Å². The summed E-state index contributed by atoms with van der Waals surface area (Å²) >= 11 is 0. The van der Waals surface area contributed by atoms with Crippen molar-refractivity contribution >= 4 is 12.0 Å². The van der Waals surface area contributed by atoms with E-state index in [1.807, 2.05) is 0 Å². The number of carboxylic acids is 1. The fourth-order valence-corrected chi connectivity index (χ4v) is 1.57. The van der Waals surface area contributed by atoms with Gasteiger partial charge in [-0.15, -0.1) is 0 Å². The maximum Gasteiger partial charge on any atom is 0.335 e. The smallest absolute Gasteiger partial charge is 0.335 e. The number of hydrogen-bond acceptors (Lipinski definition) is 3. The molecule has 0 amide bonds. The molecule has 1 heterocycles. The number of benzene rings is 1. The topological polar surface area (TPSA) is 66.8 Å². The van der Waals surface area contributed by atoms with Crippen LogP contribution < -0.4 is 4.74 Å². The third kappa shape index (κ3) is 2.70. The van der Waals surface area contributed by atoms with Crippen LogP contribution in [0.5, 0.6) is 5.75 Å². The summed E-state index contributed by atoms with van der Waals surface area (Å²) in [6, 6.07) is 5.26. The summed E-state index contributed by atoms with van der Waals surface area (Å²) < 4.78 is 5.33. The van der Waals surface area contributed by atoms with Crippen LogP contribution in [0.15, 0.2) is 23.8 Å². The van der Waals surface area contributed by atoms with Gasteiger partial charge in [0.15, 0.2) is 0 Å². The summed E-state index contributed by atoms with van der Waals surface area (Å²) in [5.74, 6) is 5.09. The molecule has 18 heavy (non-hydrogen) atoms.